The highest BCUT2D eigenvalue weighted by molar-refractivity contribution is 7.20. The van der Waals surface area contributed by atoms with Crippen molar-refractivity contribution in [2.45, 2.75) is 13.3 Å². The van der Waals surface area contributed by atoms with E-state index in [4.69, 9.17) is 4.74 Å². The molecular weight excluding hydrogens is 310 g/mol. The molecule has 118 valence electrons. The predicted octanol–water partition coefficient (Wildman–Crippen LogP) is 3.20. The number of nitrogens with one attached hydrogen (secondary N) is 1. The summed E-state index contributed by atoms with van der Waals surface area (Å²) in [5.74, 6) is 0.696. The van der Waals surface area contributed by atoms with Crippen LogP contribution in [0.3, 0.4) is 0 Å². The second-order valence-electron chi connectivity index (χ2n) is 5.13. The number of benzene rings is 1. The summed E-state index contributed by atoms with van der Waals surface area (Å²) < 4.78 is 6.59. The second kappa shape index (κ2) is 7.19. The molecule has 0 saturated heterocycles. The van der Waals surface area contributed by atoms with E-state index in [1.165, 1.54) is 16.9 Å². The molecule has 3 rings (SSSR count). The molecule has 0 atom stereocenters. The SMILES string of the molecule is Cc1ccc(OCCCNC(=O)c2nc3cnccc3s2)cc1. The summed E-state index contributed by atoms with van der Waals surface area (Å²) in [6, 6.07) is 9.78. The maximum absolute atomic E-state index is 12.1. The van der Waals surface area contributed by atoms with Gasteiger partial charge < -0.3 is 10.1 Å². The Morgan fingerprint density at radius 2 is 2.09 bits per heavy atom. The van der Waals surface area contributed by atoms with Crippen LogP contribution in [0.4, 0.5) is 0 Å². The van der Waals surface area contributed by atoms with E-state index < -0.39 is 0 Å². The van der Waals surface area contributed by atoms with Gasteiger partial charge in [0.05, 0.1) is 17.5 Å². The van der Waals surface area contributed by atoms with E-state index >= 15 is 0 Å². The molecule has 3 aromatic rings. The van der Waals surface area contributed by atoms with Crippen LogP contribution in [0.2, 0.25) is 0 Å². The lowest BCUT2D eigenvalue weighted by atomic mass is 10.2. The molecule has 0 bridgehead atoms. The average molecular weight is 327 g/mol. The largest absolute Gasteiger partial charge is 0.494 e. The van der Waals surface area contributed by atoms with Crippen molar-refractivity contribution in [3.05, 3.63) is 53.3 Å². The number of carbonyl (C=O) groups is 1. The van der Waals surface area contributed by atoms with E-state index in [1.54, 1.807) is 12.4 Å². The van der Waals surface area contributed by atoms with Gasteiger partial charge in [-0.2, -0.15) is 0 Å². The van der Waals surface area contributed by atoms with Crippen LogP contribution in [-0.4, -0.2) is 29.0 Å². The monoisotopic (exact) mass is 327 g/mol. The van der Waals surface area contributed by atoms with Crippen molar-refractivity contribution in [1.29, 1.82) is 0 Å². The molecule has 1 amide bonds. The Bertz CT molecular complexity index is 766. The molecule has 0 radical (unpaired) electrons. The van der Waals surface area contributed by atoms with Crippen molar-refractivity contribution in [3.8, 4) is 5.75 Å². The maximum Gasteiger partial charge on any atom is 0.280 e. The lowest BCUT2D eigenvalue weighted by Crippen LogP contribution is -2.25. The number of hydrogen-bond donors (Lipinski definition) is 1. The minimum atomic E-state index is -0.151. The fraction of sp³-hybridized carbons (Fsp3) is 0.235. The van der Waals surface area contributed by atoms with Crippen LogP contribution in [0.5, 0.6) is 5.75 Å². The molecule has 2 heterocycles. The van der Waals surface area contributed by atoms with Gasteiger partial charge in [0.15, 0.2) is 5.01 Å². The summed E-state index contributed by atoms with van der Waals surface area (Å²) in [6.07, 6.45) is 4.11. The number of aromatic nitrogens is 2. The smallest absolute Gasteiger partial charge is 0.280 e. The van der Waals surface area contributed by atoms with Crippen molar-refractivity contribution in [2.75, 3.05) is 13.2 Å². The van der Waals surface area contributed by atoms with Crippen LogP contribution >= 0.6 is 11.3 Å². The molecule has 0 fully saturated rings. The molecule has 0 aliphatic rings. The van der Waals surface area contributed by atoms with E-state index in [0.717, 1.165) is 22.4 Å². The van der Waals surface area contributed by atoms with Gasteiger partial charge in [0.2, 0.25) is 0 Å². The minimum absolute atomic E-state index is 0.151. The summed E-state index contributed by atoms with van der Waals surface area (Å²) in [5, 5.41) is 3.33. The van der Waals surface area contributed by atoms with E-state index in [1.807, 2.05) is 37.3 Å². The Balaban J connectivity index is 1.43. The summed E-state index contributed by atoms with van der Waals surface area (Å²) >= 11 is 1.37. The second-order valence-corrected chi connectivity index (χ2v) is 6.16. The third-order valence-electron chi connectivity index (χ3n) is 3.28. The third kappa shape index (κ3) is 4.04. The van der Waals surface area contributed by atoms with Crippen molar-refractivity contribution in [3.63, 3.8) is 0 Å². The standard InChI is InChI=1S/C17H17N3O2S/c1-12-3-5-13(6-4-12)22-10-2-8-19-16(21)17-20-14-11-18-9-7-15(14)23-17/h3-7,9,11H,2,8,10H2,1H3,(H,19,21). The summed E-state index contributed by atoms with van der Waals surface area (Å²) in [4.78, 5) is 20.3. The number of carbonyl (C=O) groups excluding carboxylic acids is 1. The van der Waals surface area contributed by atoms with Crippen LogP contribution in [0.15, 0.2) is 42.7 Å². The maximum atomic E-state index is 12.1. The first-order valence-electron chi connectivity index (χ1n) is 7.40. The molecule has 23 heavy (non-hydrogen) atoms. The summed E-state index contributed by atoms with van der Waals surface area (Å²) in [5.41, 5.74) is 1.96. The van der Waals surface area contributed by atoms with Gasteiger partial charge in [-0.25, -0.2) is 4.98 Å². The fourth-order valence-electron chi connectivity index (χ4n) is 2.05. The Labute approximate surface area is 138 Å². The van der Waals surface area contributed by atoms with Crippen LogP contribution < -0.4 is 10.1 Å². The van der Waals surface area contributed by atoms with Gasteiger partial charge in [-0.3, -0.25) is 9.78 Å². The van der Waals surface area contributed by atoms with Crippen LogP contribution in [0.25, 0.3) is 10.2 Å². The molecule has 0 unspecified atom stereocenters. The van der Waals surface area contributed by atoms with Gasteiger partial charge in [-0.05, 0) is 31.5 Å². The Hall–Kier alpha value is -2.47. The molecule has 2 aromatic heterocycles. The van der Waals surface area contributed by atoms with Crippen molar-refractivity contribution in [1.82, 2.24) is 15.3 Å². The van der Waals surface area contributed by atoms with Crippen molar-refractivity contribution >= 4 is 27.5 Å². The number of aryl methyl sites for hydroxylation is 1. The number of thiazole rings is 1. The highest BCUT2D eigenvalue weighted by Gasteiger charge is 2.11. The van der Waals surface area contributed by atoms with Gasteiger partial charge >= 0.3 is 0 Å². The molecule has 0 spiro atoms. The number of pyridine rings is 1. The Morgan fingerprint density at radius 3 is 2.87 bits per heavy atom. The van der Waals surface area contributed by atoms with Crippen LogP contribution in [0.1, 0.15) is 21.8 Å². The predicted molar refractivity (Wildman–Crippen MR) is 91.0 cm³/mol. The van der Waals surface area contributed by atoms with E-state index in [2.05, 4.69) is 15.3 Å². The number of ether oxygens (including phenoxy) is 1. The molecule has 5 nitrogen and oxygen atoms in total. The molecule has 0 saturated carbocycles. The molecule has 1 N–H and O–H groups in total. The molecule has 0 aliphatic heterocycles. The van der Waals surface area contributed by atoms with E-state index in [-0.39, 0.29) is 5.91 Å². The number of hydrogen-bond acceptors (Lipinski definition) is 5. The van der Waals surface area contributed by atoms with Crippen molar-refractivity contribution < 1.29 is 9.53 Å². The van der Waals surface area contributed by atoms with Gasteiger partial charge in [0, 0.05) is 12.7 Å². The first-order chi connectivity index (χ1) is 11.2. The number of fused-ring (bicyclic) bond motifs is 1. The number of amides is 1. The minimum Gasteiger partial charge on any atom is -0.494 e. The van der Waals surface area contributed by atoms with E-state index in [0.29, 0.717) is 18.2 Å². The summed E-state index contributed by atoms with van der Waals surface area (Å²) in [6.45, 7) is 3.16. The molecule has 0 aliphatic carbocycles. The van der Waals surface area contributed by atoms with E-state index in [9.17, 15) is 4.79 Å². The van der Waals surface area contributed by atoms with Gasteiger partial charge in [0.1, 0.15) is 11.3 Å². The zero-order valence-electron chi connectivity index (χ0n) is 12.8. The fourth-order valence-corrected chi connectivity index (χ4v) is 2.90. The van der Waals surface area contributed by atoms with Gasteiger partial charge in [0.25, 0.3) is 5.91 Å². The molecular formula is C17H17N3O2S. The quantitative estimate of drug-likeness (QED) is 0.706. The summed E-state index contributed by atoms with van der Waals surface area (Å²) in [7, 11) is 0. The molecule has 6 heteroatoms. The Morgan fingerprint density at radius 1 is 1.26 bits per heavy atom. The average Bonchev–Trinajstić information content (AvgIpc) is 3.00. The molecule has 1 aromatic carbocycles. The third-order valence-corrected chi connectivity index (χ3v) is 4.32. The number of rotatable bonds is 6. The highest BCUT2D eigenvalue weighted by atomic mass is 32.1. The normalized spacial score (nSPS) is 10.7. The van der Waals surface area contributed by atoms with Crippen LogP contribution in [-0.2, 0) is 0 Å². The van der Waals surface area contributed by atoms with Gasteiger partial charge in [-0.15, -0.1) is 11.3 Å². The highest BCUT2D eigenvalue weighted by Crippen LogP contribution is 2.20. The lowest BCUT2D eigenvalue weighted by molar-refractivity contribution is 0.0951. The topological polar surface area (TPSA) is 64.1 Å². The zero-order valence-corrected chi connectivity index (χ0v) is 13.6. The van der Waals surface area contributed by atoms with Crippen LogP contribution in [0, 0.1) is 6.92 Å². The number of nitrogens with zero attached hydrogens (tertiary/aromatic N) is 2. The Kier molecular flexibility index (Phi) is 4.83. The lowest BCUT2D eigenvalue weighted by Gasteiger charge is -2.06. The van der Waals surface area contributed by atoms with Gasteiger partial charge in [-0.1, -0.05) is 17.7 Å². The first-order valence-corrected chi connectivity index (χ1v) is 8.22. The first kappa shape index (κ1) is 15.4. The zero-order chi connectivity index (χ0) is 16.1. The van der Waals surface area contributed by atoms with Crippen molar-refractivity contribution in [2.24, 2.45) is 0 Å².